The molecule has 2 rings (SSSR count). The van der Waals surface area contributed by atoms with Crippen LogP contribution in [0.2, 0.25) is 0 Å². The number of primary amides is 1. The Bertz CT molecular complexity index is 842. The third-order valence-corrected chi connectivity index (χ3v) is 5.06. The SMILES string of the molecule is CCCc1nc(CC(C)C)c(CC(C)(C)C)c(-c2ccc(C)cc2)c1CC(N)=O. The molecule has 0 radical (unpaired) electrons. The Kier molecular flexibility index (Phi) is 7.62. The van der Waals surface area contributed by atoms with Gasteiger partial charge in [0.25, 0.3) is 0 Å². The van der Waals surface area contributed by atoms with Crippen molar-refractivity contribution >= 4 is 5.91 Å². The average Bonchev–Trinajstić information content (AvgIpc) is 2.58. The molecule has 29 heavy (non-hydrogen) atoms. The molecule has 0 spiro atoms. The maximum absolute atomic E-state index is 12.0. The fourth-order valence-corrected chi connectivity index (χ4v) is 3.92. The Morgan fingerprint density at radius 2 is 1.69 bits per heavy atom. The van der Waals surface area contributed by atoms with Crippen LogP contribution in [0.1, 0.15) is 76.0 Å². The predicted molar refractivity (Wildman–Crippen MR) is 123 cm³/mol. The van der Waals surface area contributed by atoms with Crippen molar-refractivity contribution in [3.05, 3.63) is 52.3 Å². The smallest absolute Gasteiger partial charge is 0.221 e. The highest BCUT2D eigenvalue weighted by Gasteiger charge is 2.25. The summed E-state index contributed by atoms with van der Waals surface area (Å²) in [6.07, 6.45) is 3.96. The van der Waals surface area contributed by atoms with E-state index >= 15 is 0 Å². The molecule has 1 amide bonds. The lowest BCUT2D eigenvalue weighted by atomic mass is 9.80. The van der Waals surface area contributed by atoms with Crippen molar-refractivity contribution in [1.82, 2.24) is 4.98 Å². The summed E-state index contributed by atoms with van der Waals surface area (Å²) >= 11 is 0. The summed E-state index contributed by atoms with van der Waals surface area (Å²) in [5.74, 6) is 0.222. The molecule has 2 aromatic rings. The Morgan fingerprint density at radius 1 is 1.07 bits per heavy atom. The Hall–Kier alpha value is -2.16. The largest absolute Gasteiger partial charge is 0.369 e. The molecule has 0 saturated carbocycles. The summed E-state index contributed by atoms with van der Waals surface area (Å²) in [6.45, 7) is 15.5. The van der Waals surface area contributed by atoms with Crippen LogP contribution in [-0.2, 0) is 30.5 Å². The van der Waals surface area contributed by atoms with E-state index < -0.39 is 0 Å². The second-order valence-electron chi connectivity index (χ2n) is 9.93. The normalized spacial score (nSPS) is 11.9. The van der Waals surface area contributed by atoms with Crippen molar-refractivity contribution < 1.29 is 4.79 Å². The average molecular weight is 395 g/mol. The van der Waals surface area contributed by atoms with Crippen molar-refractivity contribution in [1.29, 1.82) is 0 Å². The van der Waals surface area contributed by atoms with E-state index in [-0.39, 0.29) is 17.7 Å². The molecule has 0 bridgehead atoms. The van der Waals surface area contributed by atoms with Gasteiger partial charge in [0.2, 0.25) is 5.91 Å². The van der Waals surface area contributed by atoms with E-state index in [4.69, 9.17) is 10.7 Å². The summed E-state index contributed by atoms with van der Waals surface area (Å²) in [5.41, 5.74) is 13.9. The first kappa shape index (κ1) is 23.1. The van der Waals surface area contributed by atoms with Gasteiger partial charge in [-0.15, -0.1) is 0 Å². The van der Waals surface area contributed by atoms with Crippen LogP contribution >= 0.6 is 0 Å². The van der Waals surface area contributed by atoms with E-state index in [1.807, 2.05) is 0 Å². The van der Waals surface area contributed by atoms with Gasteiger partial charge in [-0.1, -0.05) is 77.8 Å². The van der Waals surface area contributed by atoms with Crippen LogP contribution in [0.3, 0.4) is 0 Å². The second-order valence-corrected chi connectivity index (χ2v) is 9.93. The summed E-state index contributed by atoms with van der Waals surface area (Å²) < 4.78 is 0. The molecule has 2 N–H and O–H groups in total. The maximum atomic E-state index is 12.0. The van der Waals surface area contributed by atoms with Crippen molar-refractivity contribution in [3.63, 3.8) is 0 Å². The van der Waals surface area contributed by atoms with E-state index in [9.17, 15) is 4.79 Å². The highest BCUT2D eigenvalue weighted by molar-refractivity contribution is 5.82. The number of aryl methyl sites for hydroxylation is 2. The van der Waals surface area contributed by atoms with Gasteiger partial charge in [-0.05, 0) is 59.8 Å². The van der Waals surface area contributed by atoms with Crippen molar-refractivity contribution in [2.24, 2.45) is 17.1 Å². The molecule has 1 heterocycles. The number of nitrogens with two attached hydrogens (primary N) is 1. The van der Waals surface area contributed by atoms with Crippen LogP contribution in [0.4, 0.5) is 0 Å². The molecular formula is C26H38N2O. The van der Waals surface area contributed by atoms with Gasteiger partial charge in [0.15, 0.2) is 0 Å². The van der Waals surface area contributed by atoms with E-state index in [0.29, 0.717) is 5.92 Å². The van der Waals surface area contributed by atoms with Crippen LogP contribution in [0.15, 0.2) is 24.3 Å². The molecule has 0 fully saturated rings. The van der Waals surface area contributed by atoms with E-state index in [1.165, 1.54) is 22.4 Å². The quantitative estimate of drug-likeness (QED) is 0.613. The third kappa shape index (κ3) is 6.42. The molecule has 0 unspecified atom stereocenters. The Labute approximate surface area is 177 Å². The van der Waals surface area contributed by atoms with Crippen molar-refractivity contribution in [2.75, 3.05) is 0 Å². The monoisotopic (exact) mass is 394 g/mol. The Morgan fingerprint density at radius 3 is 2.17 bits per heavy atom. The number of pyridine rings is 1. The molecule has 1 aromatic carbocycles. The first-order chi connectivity index (χ1) is 13.5. The lowest BCUT2D eigenvalue weighted by Gasteiger charge is -2.27. The zero-order valence-electron chi connectivity index (χ0n) is 19.4. The molecule has 0 saturated heterocycles. The topological polar surface area (TPSA) is 56.0 Å². The second kappa shape index (κ2) is 9.56. The molecule has 0 aliphatic rings. The van der Waals surface area contributed by atoms with Gasteiger partial charge in [0.05, 0.1) is 6.42 Å². The van der Waals surface area contributed by atoms with E-state index in [0.717, 1.165) is 42.5 Å². The molecule has 0 atom stereocenters. The Balaban J connectivity index is 2.90. The van der Waals surface area contributed by atoms with Gasteiger partial charge in [-0.3, -0.25) is 9.78 Å². The molecule has 3 nitrogen and oxygen atoms in total. The highest BCUT2D eigenvalue weighted by atomic mass is 16.1. The number of nitrogens with zero attached hydrogens (tertiary/aromatic N) is 1. The fraction of sp³-hybridized carbons (Fsp3) is 0.538. The lowest BCUT2D eigenvalue weighted by Crippen LogP contribution is -2.21. The molecular weight excluding hydrogens is 356 g/mol. The lowest BCUT2D eigenvalue weighted by molar-refractivity contribution is -0.117. The molecule has 0 aliphatic carbocycles. The summed E-state index contributed by atoms with van der Waals surface area (Å²) in [4.78, 5) is 17.2. The highest BCUT2D eigenvalue weighted by Crippen LogP contribution is 2.37. The molecule has 1 aromatic heterocycles. The number of hydrogen-bond donors (Lipinski definition) is 1. The van der Waals surface area contributed by atoms with Crippen molar-refractivity contribution in [2.45, 2.75) is 80.6 Å². The maximum Gasteiger partial charge on any atom is 0.221 e. The third-order valence-electron chi connectivity index (χ3n) is 5.06. The minimum absolute atomic E-state index is 0.114. The van der Waals surface area contributed by atoms with Gasteiger partial charge in [0, 0.05) is 11.4 Å². The number of hydrogen-bond acceptors (Lipinski definition) is 2. The van der Waals surface area contributed by atoms with Crippen LogP contribution in [0.5, 0.6) is 0 Å². The van der Waals surface area contributed by atoms with Crippen LogP contribution in [0, 0.1) is 18.3 Å². The number of amides is 1. The summed E-state index contributed by atoms with van der Waals surface area (Å²) in [7, 11) is 0. The number of benzene rings is 1. The number of rotatable bonds is 8. The molecule has 0 aliphatic heterocycles. The number of carbonyl (C=O) groups is 1. The van der Waals surface area contributed by atoms with Gasteiger partial charge in [-0.2, -0.15) is 0 Å². The minimum Gasteiger partial charge on any atom is -0.369 e. The van der Waals surface area contributed by atoms with Crippen LogP contribution < -0.4 is 5.73 Å². The van der Waals surface area contributed by atoms with Gasteiger partial charge in [-0.25, -0.2) is 0 Å². The summed E-state index contributed by atoms with van der Waals surface area (Å²) in [5, 5.41) is 0. The standard InChI is InChI=1S/C26H38N2O/c1-8-9-22-20(15-24(27)29)25(19-12-10-18(4)11-13-19)21(16-26(5,6)7)23(28-22)14-17(2)3/h10-13,17H,8-9,14-16H2,1-7H3,(H2,27,29). The zero-order valence-corrected chi connectivity index (χ0v) is 19.4. The number of aromatic nitrogens is 1. The van der Waals surface area contributed by atoms with Gasteiger partial charge >= 0.3 is 0 Å². The minimum atomic E-state index is -0.296. The van der Waals surface area contributed by atoms with E-state index in [1.54, 1.807) is 0 Å². The van der Waals surface area contributed by atoms with Crippen LogP contribution in [0.25, 0.3) is 11.1 Å². The van der Waals surface area contributed by atoms with Gasteiger partial charge in [0.1, 0.15) is 0 Å². The first-order valence-electron chi connectivity index (χ1n) is 10.9. The summed E-state index contributed by atoms with van der Waals surface area (Å²) in [6, 6.07) is 8.64. The van der Waals surface area contributed by atoms with Gasteiger partial charge < -0.3 is 5.73 Å². The fourth-order valence-electron chi connectivity index (χ4n) is 3.92. The van der Waals surface area contributed by atoms with E-state index in [2.05, 4.69) is 72.7 Å². The zero-order chi connectivity index (χ0) is 21.8. The number of carbonyl (C=O) groups excluding carboxylic acids is 1. The molecule has 158 valence electrons. The molecule has 3 heteroatoms. The first-order valence-corrected chi connectivity index (χ1v) is 10.9. The van der Waals surface area contributed by atoms with Crippen LogP contribution in [-0.4, -0.2) is 10.9 Å². The van der Waals surface area contributed by atoms with Crippen molar-refractivity contribution in [3.8, 4) is 11.1 Å². The predicted octanol–water partition coefficient (Wildman–Crippen LogP) is 5.82.